The Labute approximate surface area is 106 Å². The molecule has 0 atom stereocenters. The maximum atomic E-state index is 10.3. The zero-order chi connectivity index (χ0) is 12.5. The molecule has 1 aliphatic rings. The van der Waals surface area contributed by atoms with Crippen LogP contribution in [0.25, 0.3) is 0 Å². The summed E-state index contributed by atoms with van der Waals surface area (Å²) < 4.78 is 5.85. The number of anilines is 2. The molecule has 92 valence electrons. The third-order valence-corrected chi connectivity index (χ3v) is 3.23. The van der Waals surface area contributed by atoms with E-state index in [0.717, 1.165) is 22.5 Å². The molecule has 0 aliphatic carbocycles. The van der Waals surface area contributed by atoms with Crippen molar-refractivity contribution in [3.05, 3.63) is 59.7 Å². The van der Waals surface area contributed by atoms with E-state index in [0.29, 0.717) is 6.61 Å². The Morgan fingerprint density at radius 3 is 2.00 bits per heavy atom. The minimum Gasteiger partial charge on any atom is -0.369 e. The van der Waals surface area contributed by atoms with Crippen molar-refractivity contribution in [3.8, 4) is 0 Å². The van der Waals surface area contributed by atoms with Gasteiger partial charge >= 0.3 is 0 Å². The first-order valence-electron chi connectivity index (χ1n) is 6.11. The van der Waals surface area contributed by atoms with E-state index in [-0.39, 0.29) is 6.10 Å². The summed E-state index contributed by atoms with van der Waals surface area (Å²) in [6, 6.07) is 15.6. The number of ether oxygens (including phenoxy) is 1. The number of nitrogens with zero attached hydrogens (tertiary/aromatic N) is 1. The number of benzene rings is 2. The van der Waals surface area contributed by atoms with E-state index < -0.39 is 0 Å². The lowest BCUT2D eigenvalue weighted by Gasteiger charge is -2.33. The fourth-order valence-corrected chi connectivity index (χ4v) is 2.45. The molecule has 18 heavy (non-hydrogen) atoms. The van der Waals surface area contributed by atoms with E-state index in [1.54, 1.807) is 0 Å². The third kappa shape index (κ3) is 1.60. The van der Waals surface area contributed by atoms with Crippen LogP contribution in [0.4, 0.5) is 11.4 Å². The molecule has 2 aromatic rings. The minimum absolute atomic E-state index is 0.106. The van der Waals surface area contributed by atoms with E-state index in [9.17, 15) is 5.21 Å². The van der Waals surface area contributed by atoms with Crippen LogP contribution in [0.1, 0.15) is 24.2 Å². The smallest absolute Gasteiger partial charge is 0.112 e. The molecule has 2 aromatic carbocycles. The third-order valence-electron chi connectivity index (χ3n) is 3.23. The Morgan fingerprint density at radius 2 is 1.50 bits per heavy atom. The highest BCUT2D eigenvalue weighted by atomic mass is 16.5. The van der Waals surface area contributed by atoms with Gasteiger partial charge in [-0.2, -0.15) is 0 Å². The van der Waals surface area contributed by atoms with Crippen LogP contribution < -0.4 is 5.06 Å². The van der Waals surface area contributed by atoms with Crippen LogP contribution in [0.15, 0.2) is 48.5 Å². The highest BCUT2D eigenvalue weighted by molar-refractivity contribution is 5.73. The monoisotopic (exact) mass is 241 g/mol. The predicted molar refractivity (Wildman–Crippen MR) is 70.3 cm³/mol. The summed E-state index contributed by atoms with van der Waals surface area (Å²) in [6.45, 7) is 2.62. The molecule has 1 heterocycles. The second-order valence-electron chi connectivity index (χ2n) is 4.26. The van der Waals surface area contributed by atoms with Crippen molar-refractivity contribution in [2.75, 3.05) is 11.7 Å². The fourth-order valence-electron chi connectivity index (χ4n) is 2.45. The Bertz CT molecular complexity index is 520. The molecule has 3 rings (SSSR count). The topological polar surface area (TPSA) is 32.7 Å². The Balaban J connectivity index is 2.20. The van der Waals surface area contributed by atoms with Crippen LogP contribution in [-0.2, 0) is 4.74 Å². The van der Waals surface area contributed by atoms with Gasteiger partial charge in [0.2, 0.25) is 0 Å². The number of para-hydroxylation sites is 2. The van der Waals surface area contributed by atoms with Gasteiger partial charge in [-0.25, -0.2) is 5.06 Å². The first-order valence-corrected chi connectivity index (χ1v) is 6.11. The largest absolute Gasteiger partial charge is 0.369 e. The van der Waals surface area contributed by atoms with Crippen molar-refractivity contribution < 1.29 is 9.94 Å². The predicted octanol–water partition coefficient (Wildman–Crippen LogP) is 3.65. The molecule has 0 bridgehead atoms. The Kier molecular flexibility index (Phi) is 2.78. The SMILES string of the molecule is CCOC1c2ccccc2N(O)c2ccccc21. The van der Waals surface area contributed by atoms with Crippen molar-refractivity contribution in [1.82, 2.24) is 0 Å². The molecule has 0 aromatic heterocycles. The Hall–Kier alpha value is -1.84. The van der Waals surface area contributed by atoms with E-state index >= 15 is 0 Å². The van der Waals surface area contributed by atoms with Crippen LogP contribution >= 0.6 is 0 Å². The summed E-state index contributed by atoms with van der Waals surface area (Å²) in [5.74, 6) is 0. The van der Waals surface area contributed by atoms with Gasteiger partial charge in [0.25, 0.3) is 0 Å². The van der Waals surface area contributed by atoms with E-state index in [2.05, 4.69) is 0 Å². The highest BCUT2D eigenvalue weighted by Crippen LogP contribution is 2.44. The first-order chi connectivity index (χ1) is 8.83. The van der Waals surface area contributed by atoms with Gasteiger partial charge in [-0.3, -0.25) is 5.21 Å². The molecule has 3 heteroatoms. The van der Waals surface area contributed by atoms with Crippen molar-refractivity contribution in [3.63, 3.8) is 0 Å². The summed E-state index contributed by atoms with van der Waals surface area (Å²) in [6.07, 6.45) is -0.106. The maximum absolute atomic E-state index is 10.3. The number of hydrogen-bond acceptors (Lipinski definition) is 3. The molecule has 0 fully saturated rings. The lowest BCUT2D eigenvalue weighted by atomic mass is 9.94. The molecule has 3 nitrogen and oxygen atoms in total. The molecule has 0 saturated heterocycles. The van der Waals surface area contributed by atoms with E-state index in [4.69, 9.17) is 4.74 Å². The average molecular weight is 241 g/mol. The number of fused-ring (bicyclic) bond motifs is 2. The molecule has 0 amide bonds. The number of rotatable bonds is 2. The fraction of sp³-hybridized carbons (Fsp3) is 0.200. The van der Waals surface area contributed by atoms with E-state index in [1.165, 1.54) is 5.06 Å². The summed E-state index contributed by atoms with van der Waals surface area (Å²) in [4.78, 5) is 0. The first kappa shape index (κ1) is 11.3. The van der Waals surface area contributed by atoms with Crippen molar-refractivity contribution in [2.24, 2.45) is 0 Å². The summed E-state index contributed by atoms with van der Waals surface area (Å²) in [5, 5.41) is 11.5. The molecule has 1 aliphatic heterocycles. The van der Waals surface area contributed by atoms with Gasteiger partial charge in [-0.15, -0.1) is 0 Å². The maximum Gasteiger partial charge on any atom is 0.112 e. The molecular weight excluding hydrogens is 226 g/mol. The molecular formula is C15H15NO2. The summed E-state index contributed by atoms with van der Waals surface area (Å²) in [7, 11) is 0. The normalized spacial score (nSPS) is 14.2. The lowest BCUT2D eigenvalue weighted by molar-refractivity contribution is 0.0882. The van der Waals surface area contributed by atoms with Gasteiger partial charge in [-0.1, -0.05) is 36.4 Å². The molecule has 0 radical (unpaired) electrons. The second-order valence-corrected chi connectivity index (χ2v) is 4.26. The number of hydrogen-bond donors (Lipinski definition) is 1. The molecule has 0 spiro atoms. The van der Waals surface area contributed by atoms with E-state index in [1.807, 2.05) is 55.5 Å². The second kappa shape index (κ2) is 4.44. The zero-order valence-electron chi connectivity index (χ0n) is 10.2. The van der Waals surface area contributed by atoms with Crippen LogP contribution in [0.5, 0.6) is 0 Å². The summed E-state index contributed by atoms with van der Waals surface area (Å²) >= 11 is 0. The lowest BCUT2D eigenvalue weighted by Crippen LogP contribution is -2.23. The molecule has 1 N–H and O–H groups in total. The van der Waals surface area contributed by atoms with Gasteiger partial charge in [-0.05, 0) is 19.1 Å². The summed E-state index contributed by atoms with van der Waals surface area (Å²) in [5.41, 5.74) is 3.57. The van der Waals surface area contributed by atoms with Crippen molar-refractivity contribution in [1.29, 1.82) is 0 Å². The van der Waals surface area contributed by atoms with Gasteiger partial charge in [0.1, 0.15) is 6.10 Å². The zero-order valence-corrected chi connectivity index (χ0v) is 10.2. The molecule has 0 unspecified atom stereocenters. The van der Waals surface area contributed by atoms with Gasteiger partial charge in [0.05, 0.1) is 11.4 Å². The van der Waals surface area contributed by atoms with Crippen molar-refractivity contribution in [2.45, 2.75) is 13.0 Å². The highest BCUT2D eigenvalue weighted by Gasteiger charge is 2.29. The minimum atomic E-state index is -0.106. The van der Waals surface area contributed by atoms with Crippen LogP contribution in [0, 0.1) is 0 Å². The van der Waals surface area contributed by atoms with Gasteiger partial charge in [0, 0.05) is 17.7 Å². The standard InChI is InChI=1S/C15H15NO2/c1-2-18-15-11-7-3-5-9-13(11)16(17)14-10-6-4-8-12(14)15/h3-10,15,17H,2H2,1H3. The average Bonchev–Trinajstić information content (AvgIpc) is 2.43. The van der Waals surface area contributed by atoms with Crippen molar-refractivity contribution >= 4 is 11.4 Å². The molecule has 0 saturated carbocycles. The van der Waals surface area contributed by atoms with Gasteiger partial charge < -0.3 is 4.74 Å². The van der Waals surface area contributed by atoms with Crippen LogP contribution in [0.3, 0.4) is 0 Å². The Morgan fingerprint density at radius 1 is 1.00 bits per heavy atom. The van der Waals surface area contributed by atoms with Gasteiger partial charge in [0.15, 0.2) is 0 Å². The van der Waals surface area contributed by atoms with Crippen LogP contribution in [0.2, 0.25) is 0 Å². The quantitative estimate of drug-likeness (QED) is 0.871. The van der Waals surface area contributed by atoms with Crippen LogP contribution in [-0.4, -0.2) is 11.8 Å².